The number of nitrogens with two attached hydrogens (primary N) is 1. The second-order valence-corrected chi connectivity index (χ2v) is 4.32. The molecule has 4 N–H and O–H groups in total. The van der Waals surface area contributed by atoms with Gasteiger partial charge in [0.1, 0.15) is 17.9 Å². The Morgan fingerprint density at radius 3 is 2.95 bits per heavy atom. The number of imidazole rings is 1. The van der Waals surface area contributed by atoms with Crippen LogP contribution in [0.5, 0.6) is 0 Å². The minimum absolute atomic E-state index is 0.154. The van der Waals surface area contributed by atoms with E-state index in [9.17, 15) is 14.6 Å². The highest BCUT2D eigenvalue weighted by atomic mass is 19.1. The third kappa shape index (κ3) is 1.52. The normalized spacial score (nSPS) is 31.1. The lowest BCUT2D eigenvalue weighted by molar-refractivity contribution is -0.148. The molecule has 1 aliphatic rings. The van der Waals surface area contributed by atoms with Crippen LogP contribution in [0.15, 0.2) is 12.7 Å². The molecule has 1 saturated heterocycles. The molecule has 3 unspecified atom stereocenters. The fraction of sp³-hybridized carbons (Fsp3) is 0.500. The maximum Gasteiger partial charge on any atom is 0.199 e. The van der Waals surface area contributed by atoms with Crippen LogP contribution in [0.2, 0.25) is 0 Å². The van der Waals surface area contributed by atoms with E-state index >= 15 is 0 Å². The number of alkyl halides is 1. The molecule has 2 aromatic heterocycles. The van der Waals surface area contributed by atoms with Gasteiger partial charge in [0.25, 0.3) is 0 Å². The number of aromatic nitrogens is 4. The Bertz CT molecular complexity index is 620. The Morgan fingerprint density at radius 2 is 2.32 bits per heavy atom. The molecular formula is C10H12FN5O3. The third-order valence-electron chi connectivity index (χ3n) is 3.29. The summed E-state index contributed by atoms with van der Waals surface area (Å²) >= 11 is 0. The van der Waals surface area contributed by atoms with E-state index in [1.165, 1.54) is 17.2 Å². The quantitative estimate of drug-likeness (QED) is 0.625. The summed E-state index contributed by atoms with van der Waals surface area (Å²) in [4.78, 5) is 11.8. The number of hydrogen-bond acceptors (Lipinski definition) is 7. The lowest BCUT2D eigenvalue weighted by atomic mass is 10.1. The highest BCUT2D eigenvalue weighted by Crippen LogP contribution is 2.35. The van der Waals surface area contributed by atoms with Gasteiger partial charge in [0.15, 0.2) is 23.4 Å². The Labute approximate surface area is 106 Å². The van der Waals surface area contributed by atoms with Crippen molar-refractivity contribution in [3.8, 4) is 0 Å². The zero-order valence-electron chi connectivity index (χ0n) is 9.77. The average molecular weight is 269 g/mol. The number of rotatable bonds is 2. The summed E-state index contributed by atoms with van der Waals surface area (Å²) in [6.07, 6.45) is -0.614. The second kappa shape index (κ2) is 4.08. The number of anilines is 1. The van der Waals surface area contributed by atoms with E-state index in [0.717, 1.165) is 0 Å². The fourth-order valence-corrected chi connectivity index (χ4v) is 2.24. The van der Waals surface area contributed by atoms with Crippen molar-refractivity contribution >= 4 is 17.0 Å². The minimum atomic E-state index is -1.64. The molecule has 19 heavy (non-hydrogen) atoms. The van der Waals surface area contributed by atoms with Crippen LogP contribution < -0.4 is 5.73 Å². The van der Waals surface area contributed by atoms with Gasteiger partial charge in [-0.25, -0.2) is 19.3 Å². The zero-order chi connectivity index (χ0) is 13.6. The van der Waals surface area contributed by atoms with Crippen LogP contribution >= 0.6 is 0 Å². The van der Waals surface area contributed by atoms with Crippen molar-refractivity contribution in [3.05, 3.63) is 12.7 Å². The zero-order valence-corrected chi connectivity index (χ0v) is 9.77. The molecule has 2 aromatic rings. The first-order valence-corrected chi connectivity index (χ1v) is 5.61. The van der Waals surface area contributed by atoms with Crippen LogP contribution in [0.25, 0.3) is 11.2 Å². The van der Waals surface area contributed by atoms with E-state index in [4.69, 9.17) is 10.5 Å². The summed E-state index contributed by atoms with van der Waals surface area (Å²) in [7, 11) is 0. The number of nitrogens with zero attached hydrogens (tertiary/aromatic N) is 4. The van der Waals surface area contributed by atoms with Crippen molar-refractivity contribution in [2.75, 3.05) is 18.9 Å². The molecule has 1 aliphatic heterocycles. The Morgan fingerprint density at radius 1 is 1.53 bits per heavy atom. The van der Waals surface area contributed by atoms with Crippen LogP contribution in [-0.4, -0.2) is 55.2 Å². The van der Waals surface area contributed by atoms with E-state index in [1.54, 1.807) is 0 Å². The smallest absolute Gasteiger partial charge is 0.199 e. The first-order chi connectivity index (χ1) is 9.10. The van der Waals surface area contributed by atoms with Gasteiger partial charge < -0.3 is 20.7 Å². The van der Waals surface area contributed by atoms with E-state index in [1.807, 2.05) is 0 Å². The van der Waals surface area contributed by atoms with Gasteiger partial charge in [-0.1, -0.05) is 0 Å². The molecule has 0 aliphatic carbocycles. The van der Waals surface area contributed by atoms with Crippen LogP contribution in [0.1, 0.15) is 0 Å². The molecule has 0 spiro atoms. The highest BCUT2D eigenvalue weighted by molar-refractivity contribution is 5.81. The summed E-state index contributed by atoms with van der Waals surface area (Å²) in [6, 6.07) is 0. The monoisotopic (exact) mass is 269 g/mol. The number of fused-ring (bicyclic) bond motifs is 1. The molecule has 0 bridgehead atoms. The Kier molecular flexibility index (Phi) is 2.62. The number of halogens is 1. The molecule has 3 atom stereocenters. The molecule has 0 amide bonds. The predicted octanol–water partition coefficient (Wildman–Crippen LogP) is -1.22. The van der Waals surface area contributed by atoms with Crippen molar-refractivity contribution in [3.63, 3.8) is 0 Å². The van der Waals surface area contributed by atoms with E-state index in [-0.39, 0.29) is 18.1 Å². The van der Waals surface area contributed by atoms with Gasteiger partial charge in [-0.15, -0.1) is 0 Å². The second-order valence-electron chi connectivity index (χ2n) is 4.32. The van der Waals surface area contributed by atoms with Gasteiger partial charge in [0.05, 0.1) is 19.5 Å². The lowest BCUT2D eigenvalue weighted by Crippen LogP contribution is -2.47. The van der Waals surface area contributed by atoms with Crippen LogP contribution in [0, 0.1) is 0 Å². The maximum absolute atomic E-state index is 13.5. The Balaban J connectivity index is 2.20. The van der Waals surface area contributed by atoms with Gasteiger partial charge in [-0.05, 0) is 0 Å². The summed E-state index contributed by atoms with van der Waals surface area (Å²) in [5.74, 6) is 0.154. The molecule has 0 aromatic carbocycles. The molecular weight excluding hydrogens is 257 g/mol. The topological polar surface area (TPSA) is 119 Å². The largest absolute Gasteiger partial charge is 0.391 e. The predicted molar refractivity (Wildman–Crippen MR) is 61.7 cm³/mol. The number of ether oxygens (including phenoxy) is 1. The van der Waals surface area contributed by atoms with Crippen LogP contribution in [0.4, 0.5) is 10.2 Å². The van der Waals surface area contributed by atoms with E-state index < -0.39 is 24.6 Å². The SMILES string of the molecule is Nc1ncnc2c1ncn2C1(CO)OCC(F)C1O. The average Bonchev–Trinajstić information content (AvgIpc) is 2.96. The Hall–Kier alpha value is -1.84. The molecule has 102 valence electrons. The first kappa shape index (κ1) is 12.2. The maximum atomic E-state index is 13.5. The molecule has 9 heteroatoms. The number of aliphatic hydroxyl groups is 2. The van der Waals surface area contributed by atoms with Gasteiger partial charge in [-0.2, -0.15) is 0 Å². The van der Waals surface area contributed by atoms with Gasteiger partial charge in [0.2, 0.25) is 0 Å². The molecule has 0 radical (unpaired) electrons. The van der Waals surface area contributed by atoms with Crippen molar-refractivity contribution in [1.29, 1.82) is 0 Å². The van der Waals surface area contributed by atoms with Crippen molar-refractivity contribution in [2.24, 2.45) is 0 Å². The highest BCUT2D eigenvalue weighted by Gasteiger charge is 2.52. The molecule has 8 nitrogen and oxygen atoms in total. The van der Waals surface area contributed by atoms with Gasteiger partial charge in [-0.3, -0.25) is 4.57 Å². The third-order valence-corrected chi connectivity index (χ3v) is 3.29. The fourth-order valence-electron chi connectivity index (χ4n) is 2.24. The standard InChI is InChI=1S/C10H12FN5O3/c11-5-1-19-10(2-17,7(5)18)16-4-15-6-8(12)13-3-14-9(6)16/h3-5,7,17-18H,1-2H2,(H2,12,13,14). The van der Waals surface area contributed by atoms with E-state index in [0.29, 0.717) is 5.52 Å². The van der Waals surface area contributed by atoms with Crippen LogP contribution in [-0.2, 0) is 10.5 Å². The van der Waals surface area contributed by atoms with Crippen LogP contribution in [0.3, 0.4) is 0 Å². The first-order valence-electron chi connectivity index (χ1n) is 5.61. The molecule has 1 fully saturated rings. The molecule has 3 rings (SSSR count). The van der Waals surface area contributed by atoms with Crippen molar-refractivity contribution in [1.82, 2.24) is 19.5 Å². The summed E-state index contributed by atoms with van der Waals surface area (Å²) in [5.41, 5.74) is 4.56. The number of aliphatic hydroxyl groups excluding tert-OH is 2. The molecule has 3 heterocycles. The van der Waals surface area contributed by atoms with Crippen molar-refractivity contribution in [2.45, 2.75) is 18.0 Å². The number of hydrogen-bond donors (Lipinski definition) is 3. The van der Waals surface area contributed by atoms with Gasteiger partial charge >= 0.3 is 0 Å². The molecule has 0 saturated carbocycles. The van der Waals surface area contributed by atoms with Gasteiger partial charge in [0, 0.05) is 0 Å². The van der Waals surface area contributed by atoms with Crippen molar-refractivity contribution < 1.29 is 19.3 Å². The summed E-state index contributed by atoms with van der Waals surface area (Å²) < 4.78 is 20.0. The summed E-state index contributed by atoms with van der Waals surface area (Å²) in [5, 5.41) is 19.5. The van der Waals surface area contributed by atoms with E-state index in [2.05, 4.69) is 15.0 Å². The summed E-state index contributed by atoms with van der Waals surface area (Å²) in [6.45, 7) is -0.939. The minimum Gasteiger partial charge on any atom is -0.391 e. The lowest BCUT2D eigenvalue weighted by Gasteiger charge is -2.30. The number of nitrogen functional groups attached to an aromatic ring is 1.